The van der Waals surface area contributed by atoms with Gasteiger partial charge in [-0.25, -0.2) is 4.99 Å². The average Bonchev–Trinajstić information content (AvgIpc) is 2.92. The van der Waals surface area contributed by atoms with Crippen LogP contribution in [0.4, 0.5) is 11.4 Å². The monoisotopic (exact) mass is 381 g/mol. The molecule has 0 unspecified atom stereocenters. The van der Waals surface area contributed by atoms with Crippen LogP contribution >= 0.6 is 11.8 Å². The van der Waals surface area contributed by atoms with Gasteiger partial charge in [-0.1, -0.05) is 47.7 Å². The number of carbonyl (C=O) groups is 2. The molecule has 3 rings (SSSR count). The molecule has 140 valence electrons. The molecule has 1 saturated heterocycles. The molecule has 2 amide bonds. The zero-order valence-corrected chi connectivity index (χ0v) is 16.5. The largest absolute Gasteiger partial charge is 0.326 e. The summed E-state index contributed by atoms with van der Waals surface area (Å²) in [6, 6.07) is 15.4. The van der Waals surface area contributed by atoms with Crippen LogP contribution in [0, 0.1) is 13.8 Å². The molecule has 2 aromatic carbocycles. The Labute approximate surface area is 163 Å². The molecular weight excluding hydrogens is 358 g/mol. The summed E-state index contributed by atoms with van der Waals surface area (Å²) in [6.45, 7) is 6.42. The van der Waals surface area contributed by atoms with E-state index in [1.807, 2.05) is 69.3 Å². The lowest BCUT2D eigenvalue weighted by Crippen LogP contribution is -2.33. The van der Waals surface area contributed by atoms with Crippen molar-refractivity contribution in [2.24, 2.45) is 4.99 Å². The molecule has 1 aliphatic rings. The van der Waals surface area contributed by atoms with Gasteiger partial charge in [0.05, 0.1) is 5.69 Å². The number of amides is 2. The first kappa shape index (κ1) is 19.2. The zero-order valence-electron chi connectivity index (χ0n) is 15.7. The van der Waals surface area contributed by atoms with E-state index in [0.29, 0.717) is 11.7 Å². The Morgan fingerprint density at radius 1 is 1.19 bits per heavy atom. The highest BCUT2D eigenvalue weighted by Gasteiger charge is 2.38. The van der Waals surface area contributed by atoms with Crippen LogP contribution in [0.15, 0.2) is 53.5 Å². The third-order valence-corrected chi connectivity index (χ3v) is 5.52. The van der Waals surface area contributed by atoms with E-state index in [9.17, 15) is 9.59 Å². The van der Waals surface area contributed by atoms with Crippen LogP contribution in [-0.2, 0) is 9.59 Å². The van der Waals surface area contributed by atoms with E-state index in [4.69, 9.17) is 0 Å². The van der Waals surface area contributed by atoms with E-state index in [-0.39, 0.29) is 18.2 Å². The van der Waals surface area contributed by atoms with E-state index in [1.165, 1.54) is 11.8 Å². The predicted molar refractivity (Wildman–Crippen MR) is 111 cm³/mol. The first-order chi connectivity index (χ1) is 13.0. The van der Waals surface area contributed by atoms with Crippen molar-refractivity contribution in [1.29, 1.82) is 0 Å². The minimum atomic E-state index is -0.446. The fourth-order valence-electron chi connectivity index (χ4n) is 2.95. The molecule has 1 N–H and O–H groups in total. The fourth-order valence-corrected chi connectivity index (χ4v) is 4.17. The average molecular weight is 382 g/mol. The van der Waals surface area contributed by atoms with Gasteiger partial charge in [0.25, 0.3) is 0 Å². The van der Waals surface area contributed by atoms with E-state index in [2.05, 4.69) is 10.3 Å². The molecule has 0 radical (unpaired) electrons. The highest BCUT2D eigenvalue weighted by atomic mass is 32.2. The molecule has 0 bridgehead atoms. The van der Waals surface area contributed by atoms with Gasteiger partial charge < -0.3 is 5.32 Å². The maximum Gasteiger partial charge on any atom is 0.242 e. The third-order valence-electron chi connectivity index (χ3n) is 4.34. The Balaban J connectivity index is 1.70. The summed E-state index contributed by atoms with van der Waals surface area (Å²) in [7, 11) is 0. The minimum absolute atomic E-state index is 0.0621. The van der Waals surface area contributed by atoms with Gasteiger partial charge in [0.15, 0.2) is 5.17 Å². The van der Waals surface area contributed by atoms with Crippen molar-refractivity contribution in [3.63, 3.8) is 0 Å². The number of hydrogen-bond donors (Lipinski definition) is 1. The smallest absolute Gasteiger partial charge is 0.242 e. The van der Waals surface area contributed by atoms with Crippen molar-refractivity contribution in [3.05, 3.63) is 59.7 Å². The highest BCUT2D eigenvalue weighted by molar-refractivity contribution is 8.15. The van der Waals surface area contributed by atoms with Crippen LogP contribution in [0.25, 0.3) is 0 Å². The molecule has 0 spiro atoms. The van der Waals surface area contributed by atoms with Crippen LogP contribution in [0.1, 0.15) is 24.5 Å². The Morgan fingerprint density at radius 3 is 2.59 bits per heavy atom. The van der Waals surface area contributed by atoms with Crippen molar-refractivity contribution in [2.45, 2.75) is 32.4 Å². The van der Waals surface area contributed by atoms with Crippen LogP contribution < -0.4 is 5.32 Å². The molecule has 0 aromatic heterocycles. The van der Waals surface area contributed by atoms with Gasteiger partial charge in [0.1, 0.15) is 5.25 Å². The second-order valence-corrected chi connectivity index (χ2v) is 7.66. The van der Waals surface area contributed by atoms with Crippen molar-refractivity contribution in [3.8, 4) is 0 Å². The summed E-state index contributed by atoms with van der Waals surface area (Å²) in [5, 5.41) is 3.12. The van der Waals surface area contributed by atoms with E-state index < -0.39 is 5.25 Å². The highest BCUT2D eigenvalue weighted by Crippen LogP contribution is 2.31. The van der Waals surface area contributed by atoms with Crippen LogP contribution in [0.5, 0.6) is 0 Å². The molecule has 0 saturated carbocycles. The van der Waals surface area contributed by atoms with Crippen molar-refractivity contribution in [2.75, 3.05) is 11.9 Å². The second-order valence-electron chi connectivity index (χ2n) is 6.49. The maximum atomic E-state index is 12.7. The maximum absolute atomic E-state index is 12.7. The summed E-state index contributed by atoms with van der Waals surface area (Å²) < 4.78 is 0. The topological polar surface area (TPSA) is 61.8 Å². The number of aliphatic imine (C=N–C) groups is 1. The Bertz CT molecular complexity index is 880. The molecular formula is C21H23N3O2S. The number of anilines is 1. The molecule has 2 aromatic rings. The number of amidine groups is 1. The van der Waals surface area contributed by atoms with Gasteiger partial charge in [-0.05, 0) is 44.5 Å². The van der Waals surface area contributed by atoms with Crippen LogP contribution in [0.2, 0.25) is 0 Å². The molecule has 1 aliphatic heterocycles. The summed E-state index contributed by atoms with van der Waals surface area (Å²) in [5.74, 6) is -0.224. The Hall–Kier alpha value is -2.60. The van der Waals surface area contributed by atoms with Crippen molar-refractivity contribution in [1.82, 2.24) is 4.90 Å². The second kappa shape index (κ2) is 8.39. The lowest BCUT2D eigenvalue weighted by molar-refractivity contribution is -0.128. The minimum Gasteiger partial charge on any atom is -0.326 e. The number of carbonyl (C=O) groups excluding carboxylic acids is 2. The SMILES string of the molecule is CCN1C(=O)[C@@H](CC(=O)Nc2ccc(C)cc2C)SC1=Nc1ccccc1. The zero-order chi connectivity index (χ0) is 19.4. The summed E-state index contributed by atoms with van der Waals surface area (Å²) >= 11 is 1.36. The quantitative estimate of drug-likeness (QED) is 0.841. The predicted octanol–water partition coefficient (Wildman–Crippen LogP) is 4.28. The van der Waals surface area contributed by atoms with Gasteiger partial charge in [-0.3, -0.25) is 14.5 Å². The van der Waals surface area contributed by atoms with Gasteiger partial charge in [0.2, 0.25) is 11.8 Å². The molecule has 6 heteroatoms. The van der Waals surface area contributed by atoms with Crippen LogP contribution in [0.3, 0.4) is 0 Å². The van der Waals surface area contributed by atoms with E-state index in [1.54, 1.807) is 4.90 Å². The lowest BCUT2D eigenvalue weighted by Gasteiger charge is -2.13. The molecule has 27 heavy (non-hydrogen) atoms. The molecule has 1 heterocycles. The third kappa shape index (κ3) is 4.57. The molecule has 0 aliphatic carbocycles. The first-order valence-electron chi connectivity index (χ1n) is 8.97. The van der Waals surface area contributed by atoms with Crippen molar-refractivity contribution < 1.29 is 9.59 Å². The molecule has 1 atom stereocenters. The number of benzene rings is 2. The number of rotatable bonds is 5. The number of thioether (sulfide) groups is 1. The normalized spacial score (nSPS) is 18.2. The van der Waals surface area contributed by atoms with Gasteiger partial charge in [-0.2, -0.15) is 0 Å². The number of nitrogens with zero attached hydrogens (tertiary/aromatic N) is 2. The summed E-state index contributed by atoms with van der Waals surface area (Å²) in [6.07, 6.45) is 0.126. The van der Waals surface area contributed by atoms with Gasteiger partial charge in [0, 0.05) is 18.7 Å². The lowest BCUT2D eigenvalue weighted by atomic mass is 10.1. The Kier molecular flexibility index (Phi) is 5.96. The Morgan fingerprint density at radius 2 is 1.93 bits per heavy atom. The number of aryl methyl sites for hydroxylation is 2. The standard InChI is InChI=1S/C21H23N3O2S/c1-4-24-20(26)18(27-21(24)22-16-8-6-5-7-9-16)13-19(25)23-17-11-10-14(2)12-15(17)3/h5-12,18H,4,13H2,1-3H3,(H,23,25)/t18-/m1/s1. The summed E-state index contributed by atoms with van der Waals surface area (Å²) in [5.41, 5.74) is 3.74. The van der Waals surface area contributed by atoms with Gasteiger partial charge in [-0.15, -0.1) is 0 Å². The van der Waals surface area contributed by atoms with Gasteiger partial charge >= 0.3 is 0 Å². The number of hydrogen-bond acceptors (Lipinski definition) is 4. The van der Waals surface area contributed by atoms with E-state index >= 15 is 0 Å². The fraction of sp³-hybridized carbons (Fsp3) is 0.286. The molecule has 1 fully saturated rings. The van der Waals surface area contributed by atoms with E-state index in [0.717, 1.165) is 22.5 Å². The summed E-state index contributed by atoms with van der Waals surface area (Å²) in [4.78, 5) is 31.4. The first-order valence-corrected chi connectivity index (χ1v) is 9.84. The van der Waals surface area contributed by atoms with Crippen molar-refractivity contribution >= 4 is 40.1 Å². The molecule has 5 nitrogen and oxygen atoms in total. The number of nitrogens with one attached hydrogen (secondary N) is 1. The number of para-hydroxylation sites is 1. The van der Waals surface area contributed by atoms with Crippen LogP contribution in [-0.4, -0.2) is 33.7 Å².